The van der Waals surface area contributed by atoms with Crippen LogP contribution in [0.3, 0.4) is 0 Å². The molecule has 2 heterocycles. The summed E-state index contributed by atoms with van der Waals surface area (Å²) in [6.45, 7) is 6.23. The lowest BCUT2D eigenvalue weighted by Gasteiger charge is -2.41. The number of hydrogen-bond donors (Lipinski definition) is 1. The summed E-state index contributed by atoms with van der Waals surface area (Å²) < 4.78 is 33.9. The summed E-state index contributed by atoms with van der Waals surface area (Å²) in [5, 5.41) is 22.3. The number of halogens is 2. The number of carbonyl (C=O) groups excluding carboxylic acids is 1. The van der Waals surface area contributed by atoms with Crippen molar-refractivity contribution in [3.63, 3.8) is 0 Å². The van der Waals surface area contributed by atoms with E-state index in [2.05, 4.69) is 29.2 Å². The van der Waals surface area contributed by atoms with Gasteiger partial charge in [0, 0.05) is 24.6 Å². The normalized spacial score (nSPS) is 22.1. The highest BCUT2D eigenvalue weighted by molar-refractivity contribution is 5.92. The Bertz CT molecular complexity index is 1250. The average Bonchev–Trinajstić information content (AvgIpc) is 3.39. The van der Waals surface area contributed by atoms with Gasteiger partial charge in [-0.25, -0.2) is 8.78 Å². The fourth-order valence-corrected chi connectivity index (χ4v) is 5.97. The van der Waals surface area contributed by atoms with Gasteiger partial charge in [0.25, 0.3) is 5.91 Å². The molecule has 0 saturated heterocycles. The Kier molecular flexibility index (Phi) is 5.27. The number of aryl methyl sites for hydroxylation is 1. The van der Waals surface area contributed by atoms with Gasteiger partial charge in [0.05, 0.1) is 23.6 Å². The van der Waals surface area contributed by atoms with Crippen molar-refractivity contribution in [1.29, 1.82) is 0 Å². The van der Waals surface area contributed by atoms with Crippen molar-refractivity contribution >= 4 is 5.91 Å². The van der Waals surface area contributed by atoms with Crippen LogP contribution in [-0.4, -0.2) is 51.0 Å². The van der Waals surface area contributed by atoms with Crippen molar-refractivity contribution in [2.24, 2.45) is 5.41 Å². The first-order valence-electron chi connectivity index (χ1n) is 11.4. The van der Waals surface area contributed by atoms with Crippen LogP contribution in [0.4, 0.5) is 8.78 Å². The van der Waals surface area contributed by atoms with Crippen molar-refractivity contribution in [3.05, 3.63) is 64.7 Å². The van der Waals surface area contributed by atoms with Gasteiger partial charge in [0.15, 0.2) is 5.69 Å². The van der Waals surface area contributed by atoms with Crippen molar-refractivity contribution in [3.8, 4) is 11.3 Å². The number of amides is 1. The molecule has 2 aliphatic carbocycles. The van der Waals surface area contributed by atoms with Crippen LogP contribution in [0.5, 0.6) is 0 Å². The van der Waals surface area contributed by atoms with Gasteiger partial charge in [0.2, 0.25) is 0 Å². The van der Waals surface area contributed by atoms with E-state index in [-0.39, 0.29) is 47.3 Å². The summed E-state index contributed by atoms with van der Waals surface area (Å²) in [5.41, 5.74) is 1.02. The molecule has 7 nitrogen and oxygen atoms in total. The Hall–Kier alpha value is -3.20. The van der Waals surface area contributed by atoms with Gasteiger partial charge >= 0.3 is 0 Å². The molecule has 1 fully saturated rings. The molecule has 2 aliphatic rings. The number of nitrogens with zero attached hydrogens (tertiary/aromatic N) is 4. The molecule has 1 aromatic carbocycles. The summed E-state index contributed by atoms with van der Waals surface area (Å²) in [6.07, 6.45) is 1.64. The molecule has 1 saturated carbocycles. The van der Waals surface area contributed by atoms with Crippen LogP contribution in [0, 0.1) is 24.0 Å². The van der Waals surface area contributed by atoms with Crippen LogP contribution in [0.1, 0.15) is 60.1 Å². The van der Waals surface area contributed by atoms with Gasteiger partial charge in [-0.2, -0.15) is 10.2 Å². The van der Waals surface area contributed by atoms with Crippen LogP contribution in [-0.2, 0) is 5.41 Å². The Labute approximate surface area is 195 Å². The number of carbonyl (C=O) groups is 1. The predicted molar refractivity (Wildman–Crippen MR) is 119 cm³/mol. The number of benzene rings is 1. The summed E-state index contributed by atoms with van der Waals surface area (Å²) in [4.78, 5) is 14.8. The molecular weight excluding hydrogens is 442 g/mol. The van der Waals surface area contributed by atoms with Crippen molar-refractivity contribution < 1.29 is 23.2 Å². The predicted octanol–water partition coefficient (Wildman–Crippen LogP) is 4.01. The molecule has 0 aliphatic heterocycles. The Balaban J connectivity index is 1.56. The fourth-order valence-electron chi connectivity index (χ4n) is 5.97. The van der Waals surface area contributed by atoms with E-state index in [0.717, 1.165) is 24.1 Å². The van der Waals surface area contributed by atoms with Crippen LogP contribution in [0.2, 0.25) is 0 Å². The average molecular weight is 469 g/mol. The minimum absolute atomic E-state index is 0.104. The molecule has 3 aromatic rings. The number of aliphatic hydroxyl groups excluding tert-OH is 1. The van der Waals surface area contributed by atoms with Crippen LogP contribution in [0.25, 0.3) is 11.3 Å². The minimum atomic E-state index is -0.686. The van der Waals surface area contributed by atoms with E-state index in [1.54, 1.807) is 24.0 Å². The van der Waals surface area contributed by atoms with Crippen molar-refractivity contribution in [1.82, 2.24) is 20.3 Å². The number of aliphatic hydroxyl groups is 1. The highest BCUT2D eigenvalue weighted by Crippen LogP contribution is 2.67. The topological polar surface area (TPSA) is 92.4 Å². The second-order valence-electron chi connectivity index (χ2n) is 9.80. The molecule has 178 valence electrons. The third-order valence-corrected chi connectivity index (χ3v) is 7.80. The molecule has 34 heavy (non-hydrogen) atoms. The van der Waals surface area contributed by atoms with Crippen LogP contribution < -0.4 is 0 Å². The van der Waals surface area contributed by atoms with E-state index in [9.17, 15) is 18.7 Å². The lowest BCUT2D eigenvalue weighted by atomic mass is 9.68. The molecule has 0 spiro atoms. The minimum Gasteiger partial charge on any atom is -0.395 e. The summed E-state index contributed by atoms with van der Waals surface area (Å²) in [7, 11) is 0. The zero-order chi connectivity index (χ0) is 24.3. The molecule has 1 amide bonds. The molecule has 2 bridgehead atoms. The zero-order valence-electron chi connectivity index (χ0n) is 19.3. The molecule has 5 rings (SSSR count). The largest absolute Gasteiger partial charge is 0.395 e. The molecular formula is C25H26F2N4O3. The maximum absolute atomic E-state index is 14.4. The van der Waals surface area contributed by atoms with Crippen LogP contribution >= 0.6 is 0 Å². The van der Waals surface area contributed by atoms with E-state index in [1.807, 2.05) is 0 Å². The third kappa shape index (κ3) is 3.17. The highest BCUT2D eigenvalue weighted by atomic mass is 19.1. The van der Waals surface area contributed by atoms with Gasteiger partial charge < -0.3 is 14.5 Å². The first-order chi connectivity index (χ1) is 16.2. The van der Waals surface area contributed by atoms with Gasteiger partial charge in [-0.15, -0.1) is 0 Å². The van der Waals surface area contributed by atoms with E-state index < -0.39 is 17.0 Å². The lowest BCUT2D eigenvalue weighted by molar-refractivity contribution is 0.0585. The molecule has 2 atom stereocenters. The smallest absolute Gasteiger partial charge is 0.276 e. The molecule has 0 radical (unpaired) electrons. The monoisotopic (exact) mass is 468 g/mol. The third-order valence-electron chi connectivity index (χ3n) is 7.80. The number of rotatable bonds is 6. The molecule has 9 heteroatoms. The fraction of sp³-hybridized carbons (Fsp3) is 0.440. The SMILES string of the molecule is Cc1cc(C(=O)N(CCO)C[C@@]23CC[C@@H](c4cc(-c5c(F)cccc5F)nnc42)C3(C)C)no1. The molecule has 1 N–H and O–H groups in total. The maximum Gasteiger partial charge on any atom is 0.276 e. The Morgan fingerprint density at radius 3 is 2.62 bits per heavy atom. The second-order valence-corrected chi connectivity index (χ2v) is 9.80. The lowest BCUT2D eigenvalue weighted by Crippen LogP contribution is -2.49. The van der Waals surface area contributed by atoms with E-state index in [0.29, 0.717) is 12.3 Å². The first-order valence-corrected chi connectivity index (χ1v) is 11.4. The highest BCUT2D eigenvalue weighted by Gasteiger charge is 2.64. The number of fused-ring (bicyclic) bond motifs is 5. The van der Waals surface area contributed by atoms with E-state index in [1.165, 1.54) is 18.2 Å². The van der Waals surface area contributed by atoms with Gasteiger partial charge in [-0.05, 0) is 54.9 Å². The van der Waals surface area contributed by atoms with E-state index >= 15 is 0 Å². The second kappa shape index (κ2) is 7.94. The van der Waals surface area contributed by atoms with Gasteiger partial charge in [0.1, 0.15) is 17.4 Å². The quantitative estimate of drug-likeness (QED) is 0.588. The van der Waals surface area contributed by atoms with E-state index in [4.69, 9.17) is 4.52 Å². The van der Waals surface area contributed by atoms with Crippen molar-refractivity contribution in [2.75, 3.05) is 19.7 Å². The molecule has 0 unspecified atom stereocenters. The first kappa shape index (κ1) is 22.6. The Morgan fingerprint density at radius 2 is 1.97 bits per heavy atom. The number of hydrogen-bond acceptors (Lipinski definition) is 6. The van der Waals surface area contributed by atoms with Gasteiger partial charge in [-0.3, -0.25) is 4.79 Å². The summed E-state index contributed by atoms with van der Waals surface area (Å²) in [6, 6.07) is 7.04. The standard InChI is InChI=1S/C25H26F2N4O3/c1-14-11-20(30-34-14)23(33)31(9-10-32)13-25-8-7-16(24(25,2)3)15-12-19(28-29-22(15)25)21-17(26)5-4-6-18(21)27/h4-6,11-12,16,32H,7-10,13H2,1-3H3/t16-,25-/m0/s1. The summed E-state index contributed by atoms with van der Waals surface area (Å²) >= 11 is 0. The van der Waals surface area contributed by atoms with Crippen LogP contribution in [0.15, 0.2) is 34.9 Å². The zero-order valence-corrected chi connectivity index (χ0v) is 19.3. The van der Waals surface area contributed by atoms with Crippen molar-refractivity contribution in [2.45, 2.75) is 44.9 Å². The summed E-state index contributed by atoms with van der Waals surface area (Å²) in [5.74, 6) is -1.07. The number of aromatic nitrogens is 3. The molecule has 2 aromatic heterocycles. The van der Waals surface area contributed by atoms with Gasteiger partial charge in [-0.1, -0.05) is 25.1 Å². The maximum atomic E-state index is 14.4. The Morgan fingerprint density at radius 1 is 1.24 bits per heavy atom.